The van der Waals surface area contributed by atoms with E-state index in [1.165, 1.54) is 6.07 Å². The zero-order chi connectivity index (χ0) is 15.8. The van der Waals surface area contributed by atoms with Crippen LogP contribution in [-0.2, 0) is 12.4 Å². The van der Waals surface area contributed by atoms with Gasteiger partial charge in [0.2, 0.25) is 0 Å². The van der Waals surface area contributed by atoms with Gasteiger partial charge in [-0.25, -0.2) is 0 Å². The van der Waals surface area contributed by atoms with Gasteiger partial charge in [-0.3, -0.25) is 4.79 Å². The summed E-state index contributed by atoms with van der Waals surface area (Å²) >= 11 is 0. The van der Waals surface area contributed by atoms with Gasteiger partial charge in [-0.1, -0.05) is 18.2 Å². The summed E-state index contributed by atoms with van der Waals surface area (Å²) in [5.41, 5.74) is -4.83. The number of rotatable bonds is 1. The third kappa shape index (κ3) is 3.09. The Morgan fingerprint density at radius 1 is 0.857 bits per heavy atom. The van der Waals surface area contributed by atoms with Crippen LogP contribution in [0.4, 0.5) is 26.3 Å². The maximum Gasteiger partial charge on any atom is 0.421 e. The minimum atomic E-state index is -4.95. The highest BCUT2D eigenvalue weighted by Gasteiger charge is 2.36. The first-order chi connectivity index (χ1) is 9.60. The molecule has 112 valence electrons. The van der Waals surface area contributed by atoms with Gasteiger partial charge in [0.25, 0.3) is 5.56 Å². The van der Waals surface area contributed by atoms with Crippen molar-refractivity contribution in [3.05, 3.63) is 58.0 Å². The summed E-state index contributed by atoms with van der Waals surface area (Å²) in [6.07, 6.45) is -8.84. The molecule has 1 heterocycles. The number of pyridine rings is 1. The fourth-order valence-corrected chi connectivity index (χ4v) is 1.83. The Kier molecular flexibility index (Phi) is 3.56. The fraction of sp³-hybridized carbons (Fsp3) is 0.154. The second-order valence-electron chi connectivity index (χ2n) is 4.17. The van der Waals surface area contributed by atoms with Gasteiger partial charge in [0.15, 0.2) is 0 Å². The summed E-state index contributed by atoms with van der Waals surface area (Å²) in [7, 11) is 0. The van der Waals surface area contributed by atoms with E-state index in [2.05, 4.69) is 0 Å². The Hall–Kier alpha value is -2.25. The van der Waals surface area contributed by atoms with E-state index < -0.39 is 34.6 Å². The molecule has 2 nitrogen and oxygen atoms in total. The second-order valence-corrected chi connectivity index (χ2v) is 4.17. The van der Waals surface area contributed by atoms with E-state index in [-0.39, 0.29) is 5.56 Å². The zero-order valence-corrected chi connectivity index (χ0v) is 10.1. The predicted molar refractivity (Wildman–Crippen MR) is 62.5 cm³/mol. The molecule has 2 aromatic rings. The monoisotopic (exact) mass is 307 g/mol. The second kappa shape index (κ2) is 4.94. The van der Waals surface area contributed by atoms with Gasteiger partial charge in [0.05, 0.1) is 5.56 Å². The number of halogens is 6. The number of hydrogen-bond donors (Lipinski definition) is 1. The maximum absolute atomic E-state index is 12.9. The van der Waals surface area contributed by atoms with Crippen LogP contribution < -0.4 is 5.56 Å². The van der Waals surface area contributed by atoms with E-state index >= 15 is 0 Å². The highest BCUT2D eigenvalue weighted by Crippen LogP contribution is 2.37. The summed E-state index contributed by atoms with van der Waals surface area (Å²) in [5, 5.41) is 0. The van der Waals surface area contributed by atoms with Crippen LogP contribution in [0.25, 0.3) is 11.1 Å². The normalized spacial score (nSPS) is 12.5. The van der Waals surface area contributed by atoms with E-state index in [0.717, 1.165) is 24.4 Å². The molecular formula is C13H7F6NO. The first-order valence-electron chi connectivity index (χ1n) is 5.57. The molecule has 0 saturated carbocycles. The van der Waals surface area contributed by atoms with E-state index in [1.807, 2.05) is 4.98 Å². The highest BCUT2D eigenvalue weighted by molar-refractivity contribution is 5.67. The van der Waals surface area contributed by atoms with Crippen molar-refractivity contribution < 1.29 is 26.3 Å². The highest BCUT2D eigenvalue weighted by atomic mass is 19.4. The molecule has 1 aromatic heterocycles. The first kappa shape index (κ1) is 15.1. The van der Waals surface area contributed by atoms with E-state index in [1.54, 1.807) is 0 Å². The first-order valence-corrected chi connectivity index (χ1v) is 5.57. The van der Waals surface area contributed by atoms with Crippen LogP contribution in [0.2, 0.25) is 0 Å². The van der Waals surface area contributed by atoms with Crippen LogP contribution >= 0.6 is 0 Å². The molecule has 0 aliphatic rings. The number of H-pyrrole nitrogens is 1. The molecule has 2 rings (SSSR count). The quantitative estimate of drug-likeness (QED) is 0.791. The van der Waals surface area contributed by atoms with Crippen molar-refractivity contribution in [2.45, 2.75) is 12.4 Å². The van der Waals surface area contributed by atoms with E-state index in [9.17, 15) is 31.1 Å². The SMILES string of the molecule is O=c1[nH]cc(-c2ccccc2C(F)(F)F)cc1C(F)(F)F. The van der Waals surface area contributed by atoms with Gasteiger partial charge in [-0.15, -0.1) is 0 Å². The maximum atomic E-state index is 12.9. The Labute approximate surface area is 114 Å². The van der Waals surface area contributed by atoms with E-state index in [0.29, 0.717) is 6.07 Å². The van der Waals surface area contributed by atoms with Gasteiger partial charge >= 0.3 is 12.4 Å². The zero-order valence-electron chi connectivity index (χ0n) is 10.1. The third-order valence-corrected chi connectivity index (χ3v) is 2.75. The summed E-state index contributed by atoms with van der Waals surface area (Å²) in [6.45, 7) is 0. The number of aromatic amines is 1. The minimum absolute atomic E-state index is 0.366. The van der Waals surface area contributed by atoms with Crippen molar-refractivity contribution in [1.29, 1.82) is 0 Å². The lowest BCUT2D eigenvalue weighted by Crippen LogP contribution is -2.21. The van der Waals surface area contributed by atoms with Crippen molar-refractivity contribution in [3.63, 3.8) is 0 Å². The van der Waals surface area contributed by atoms with Gasteiger partial charge in [-0.2, -0.15) is 26.3 Å². The summed E-state index contributed by atoms with van der Waals surface area (Å²) in [5.74, 6) is 0. The van der Waals surface area contributed by atoms with Crippen LogP contribution in [-0.4, -0.2) is 4.98 Å². The average Bonchev–Trinajstić information content (AvgIpc) is 2.37. The fourth-order valence-electron chi connectivity index (χ4n) is 1.83. The minimum Gasteiger partial charge on any atom is -0.328 e. The summed E-state index contributed by atoms with van der Waals surface area (Å²) < 4.78 is 76.5. The van der Waals surface area contributed by atoms with Gasteiger partial charge < -0.3 is 4.98 Å². The van der Waals surface area contributed by atoms with Crippen molar-refractivity contribution in [2.75, 3.05) is 0 Å². The molecule has 0 aliphatic heterocycles. The lowest BCUT2D eigenvalue weighted by atomic mass is 9.99. The van der Waals surface area contributed by atoms with E-state index in [4.69, 9.17) is 0 Å². The van der Waals surface area contributed by atoms with Gasteiger partial charge in [-0.05, 0) is 23.3 Å². The van der Waals surface area contributed by atoms with Crippen LogP contribution in [0, 0.1) is 0 Å². The van der Waals surface area contributed by atoms with Gasteiger partial charge in [0.1, 0.15) is 5.56 Å². The van der Waals surface area contributed by atoms with Crippen molar-refractivity contribution in [2.24, 2.45) is 0 Å². The summed E-state index contributed by atoms with van der Waals surface area (Å²) in [6, 6.07) is 4.60. The Morgan fingerprint density at radius 3 is 2.00 bits per heavy atom. The Bertz CT molecular complexity index is 714. The number of alkyl halides is 6. The molecule has 0 amide bonds. The molecule has 0 atom stereocenters. The van der Waals surface area contributed by atoms with Gasteiger partial charge in [0, 0.05) is 6.20 Å². The van der Waals surface area contributed by atoms with Crippen molar-refractivity contribution in [3.8, 4) is 11.1 Å². The number of hydrogen-bond acceptors (Lipinski definition) is 1. The predicted octanol–water partition coefficient (Wildman–Crippen LogP) is 4.08. The van der Waals surface area contributed by atoms with Crippen LogP contribution in [0.15, 0.2) is 41.3 Å². The molecule has 0 saturated heterocycles. The van der Waals surface area contributed by atoms with Crippen LogP contribution in [0.3, 0.4) is 0 Å². The molecule has 1 N–H and O–H groups in total. The van der Waals surface area contributed by atoms with Crippen LogP contribution in [0.5, 0.6) is 0 Å². The third-order valence-electron chi connectivity index (χ3n) is 2.75. The molecule has 0 fully saturated rings. The molecule has 1 aromatic carbocycles. The molecular weight excluding hydrogens is 300 g/mol. The van der Waals surface area contributed by atoms with Crippen molar-refractivity contribution >= 4 is 0 Å². The number of nitrogens with one attached hydrogen (secondary N) is 1. The standard InChI is InChI=1S/C13H7F6NO/c14-12(15,16)9-4-2-1-3-8(9)7-5-10(13(17,18)19)11(21)20-6-7/h1-6H,(H,20,21). The lowest BCUT2D eigenvalue weighted by molar-refractivity contribution is -0.138. The summed E-state index contributed by atoms with van der Waals surface area (Å²) in [4.78, 5) is 12.9. The average molecular weight is 307 g/mol. The molecule has 21 heavy (non-hydrogen) atoms. The largest absolute Gasteiger partial charge is 0.421 e. The number of benzene rings is 1. The molecule has 0 radical (unpaired) electrons. The van der Waals surface area contributed by atoms with Crippen molar-refractivity contribution in [1.82, 2.24) is 4.98 Å². The van der Waals surface area contributed by atoms with Crippen LogP contribution in [0.1, 0.15) is 11.1 Å². The number of aromatic nitrogens is 1. The molecule has 0 bridgehead atoms. The molecule has 0 aliphatic carbocycles. The molecule has 0 spiro atoms. The lowest BCUT2D eigenvalue weighted by Gasteiger charge is -2.13. The Balaban J connectivity index is 2.67. The smallest absolute Gasteiger partial charge is 0.328 e. The topological polar surface area (TPSA) is 32.9 Å². The Morgan fingerprint density at radius 2 is 1.43 bits per heavy atom. The molecule has 0 unspecified atom stereocenters. The molecule has 8 heteroatoms.